The van der Waals surface area contributed by atoms with Crippen LogP contribution < -0.4 is 9.47 Å². The van der Waals surface area contributed by atoms with Crippen molar-refractivity contribution in [2.24, 2.45) is 5.92 Å². The standard InChI is InChI=1S/C22H36N2O4/c1-23(14-18-7-11-27-12-8-18)15-19-5-6-21(26-2)22(13-19)28-17-20(25)16-24-9-3-4-10-24/h5-6,13,18,20,25H,3-4,7-12,14-17H2,1-2H3/t20-/m0/s1. The zero-order valence-corrected chi connectivity index (χ0v) is 17.4. The molecule has 28 heavy (non-hydrogen) atoms. The van der Waals surface area contributed by atoms with Crippen molar-refractivity contribution >= 4 is 0 Å². The van der Waals surface area contributed by atoms with E-state index in [1.807, 2.05) is 12.1 Å². The van der Waals surface area contributed by atoms with E-state index < -0.39 is 6.10 Å². The Balaban J connectivity index is 1.51. The van der Waals surface area contributed by atoms with Crippen molar-refractivity contribution in [3.05, 3.63) is 23.8 Å². The first kappa shape index (κ1) is 21.4. The molecule has 1 aromatic rings. The number of benzene rings is 1. The van der Waals surface area contributed by atoms with E-state index in [0.29, 0.717) is 24.0 Å². The largest absolute Gasteiger partial charge is 0.493 e. The van der Waals surface area contributed by atoms with Crippen LogP contribution in [0, 0.1) is 5.92 Å². The number of ether oxygens (including phenoxy) is 3. The zero-order valence-electron chi connectivity index (χ0n) is 17.4. The molecule has 2 fully saturated rings. The predicted molar refractivity (Wildman–Crippen MR) is 110 cm³/mol. The fourth-order valence-corrected chi connectivity index (χ4v) is 4.18. The highest BCUT2D eigenvalue weighted by molar-refractivity contribution is 5.43. The Hall–Kier alpha value is -1.34. The van der Waals surface area contributed by atoms with E-state index >= 15 is 0 Å². The van der Waals surface area contributed by atoms with E-state index in [-0.39, 0.29) is 6.61 Å². The molecule has 2 saturated heterocycles. The van der Waals surface area contributed by atoms with Crippen LogP contribution in [0.2, 0.25) is 0 Å². The van der Waals surface area contributed by atoms with Gasteiger partial charge in [0, 0.05) is 32.8 Å². The SMILES string of the molecule is COc1ccc(CN(C)CC2CCOCC2)cc1OC[C@@H](O)CN1CCCC1. The second-order valence-corrected chi connectivity index (χ2v) is 8.21. The molecule has 158 valence electrons. The third kappa shape index (κ3) is 6.62. The number of aliphatic hydroxyl groups is 1. The van der Waals surface area contributed by atoms with Gasteiger partial charge in [0.25, 0.3) is 0 Å². The number of β-amino-alcohol motifs (C(OH)–C–C–N with tert-alkyl or cyclic N) is 1. The predicted octanol–water partition coefficient (Wildman–Crippen LogP) is 2.39. The Labute approximate surface area is 169 Å². The topological polar surface area (TPSA) is 54.4 Å². The number of likely N-dealkylation sites (tertiary alicyclic amines) is 1. The molecule has 6 nitrogen and oxygen atoms in total. The number of hydrogen-bond donors (Lipinski definition) is 1. The summed E-state index contributed by atoms with van der Waals surface area (Å²) < 4.78 is 16.8. The third-order valence-electron chi connectivity index (χ3n) is 5.69. The number of nitrogens with zero attached hydrogens (tertiary/aromatic N) is 2. The quantitative estimate of drug-likeness (QED) is 0.660. The van der Waals surface area contributed by atoms with Crippen molar-refractivity contribution < 1.29 is 19.3 Å². The third-order valence-corrected chi connectivity index (χ3v) is 5.69. The van der Waals surface area contributed by atoms with E-state index in [4.69, 9.17) is 14.2 Å². The number of rotatable bonds is 10. The van der Waals surface area contributed by atoms with Crippen LogP contribution in [-0.4, -0.2) is 81.2 Å². The minimum atomic E-state index is -0.484. The molecule has 0 radical (unpaired) electrons. The molecule has 2 aliphatic rings. The van der Waals surface area contributed by atoms with Crippen molar-refractivity contribution in [2.75, 3.05) is 60.2 Å². The molecule has 0 bridgehead atoms. The highest BCUT2D eigenvalue weighted by atomic mass is 16.5. The molecule has 2 aliphatic heterocycles. The van der Waals surface area contributed by atoms with Crippen LogP contribution >= 0.6 is 0 Å². The average molecular weight is 393 g/mol. The van der Waals surface area contributed by atoms with Crippen LogP contribution in [0.3, 0.4) is 0 Å². The summed E-state index contributed by atoms with van der Waals surface area (Å²) in [6.45, 7) is 6.85. The van der Waals surface area contributed by atoms with Gasteiger partial charge in [0.05, 0.1) is 7.11 Å². The van der Waals surface area contributed by atoms with Gasteiger partial charge in [0.15, 0.2) is 11.5 Å². The molecule has 0 amide bonds. The van der Waals surface area contributed by atoms with Crippen LogP contribution in [0.1, 0.15) is 31.2 Å². The Morgan fingerprint density at radius 2 is 1.96 bits per heavy atom. The molecule has 0 aromatic heterocycles. The van der Waals surface area contributed by atoms with Gasteiger partial charge < -0.3 is 29.1 Å². The molecule has 6 heteroatoms. The summed E-state index contributed by atoms with van der Waals surface area (Å²) in [5.41, 5.74) is 1.19. The summed E-state index contributed by atoms with van der Waals surface area (Å²) >= 11 is 0. The van der Waals surface area contributed by atoms with Crippen LogP contribution in [0.15, 0.2) is 18.2 Å². The molecule has 1 N–H and O–H groups in total. The summed E-state index contributed by atoms with van der Waals surface area (Å²) in [6, 6.07) is 6.09. The first-order valence-corrected chi connectivity index (χ1v) is 10.6. The minimum Gasteiger partial charge on any atom is -0.493 e. The second kappa shape index (κ2) is 11.0. The molecule has 1 aromatic carbocycles. The lowest BCUT2D eigenvalue weighted by molar-refractivity contribution is 0.0549. The lowest BCUT2D eigenvalue weighted by atomic mass is 10.00. The Morgan fingerprint density at radius 3 is 2.68 bits per heavy atom. The first-order valence-electron chi connectivity index (χ1n) is 10.6. The van der Waals surface area contributed by atoms with Crippen molar-refractivity contribution in [1.82, 2.24) is 9.80 Å². The van der Waals surface area contributed by atoms with Crippen molar-refractivity contribution in [3.8, 4) is 11.5 Å². The second-order valence-electron chi connectivity index (χ2n) is 8.21. The van der Waals surface area contributed by atoms with E-state index in [1.54, 1.807) is 7.11 Å². The van der Waals surface area contributed by atoms with Crippen molar-refractivity contribution in [2.45, 2.75) is 38.3 Å². The van der Waals surface area contributed by atoms with Crippen LogP contribution in [-0.2, 0) is 11.3 Å². The summed E-state index contributed by atoms with van der Waals surface area (Å²) in [5.74, 6) is 2.14. The molecule has 0 aliphatic carbocycles. The van der Waals surface area contributed by atoms with Crippen LogP contribution in [0.25, 0.3) is 0 Å². The van der Waals surface area contributed by atoms with Crippen molar-refractivity contribution in [3.63, 3.8) is 0 Å². The van der Waals surface area contributed by atoms with Gasteiger partial charge in [0.1, 0.15) is 12.7 Å². The molecule has 3 rings (SSSR count). The van der Waals surface area contributed by atoms with Crippen LogP contribution in [0.5, 0.6) is 11.5 Å². The molecular formula is C22H36N2O4. The lowest BCUT2D eigenvalue weighted by Crippen LogP contribution is -2.33. The van der Waals surface area contributed by atoms with Gasteiger partial charge in [0.2, 0.25) is 0 Å². The summed E-state index contributed by atoms with van der Waals surface area (Å²) in [7, 11) is 3.82. The molecule has 0 unspecified atom stereocenters. The van der Waals surface area contributed by atoms with Gasteiger partial charge in [-0.3, -0.25) is 0 Å². The molecule has 2 heterocycles. The van der Waals surface area contributed by atoms with E-state index in [1.165, 1.54) is 18.4 Å². The maximum Gasteiger partial charge on any atom is 0.161 e. The highest BCUT2D eigenvalue weighted by Gasteiger charge is 2.18. The Bertz CT molecular complexity index is 586. The molecule has 1 atom stereocenters. The average Bonchev–Trinajstić information content (AvgIpc) is 3.20. The number of methoxy groups -OCH3 is 1. The fraction of sp³-hybridized carbons (Fsp3) is 0.727. The summed E-state index contributed by atoms with van der Waals surface area (Å²) in [6.07, 6.45) is 4.27. The van der Waals surface area contributed by atoms with E-state index in [0.717, 1.165) is 52.2 Å². The molecule has 0 spiro atoms. The lowest BCUT2D eigenvalue weighted by Gasteiger charge is -2.27. The van der Waals surface area contributed by atoms with E-state index in [2.05, 4.69) is 22.9 Å². The maximum atomic E-state index is 10.3. The van der Waals surface area contributed by atoms with Gasteiger partial charge in [-0.25, -0.2) is 0 Å². The normalized spacial score (nSPS) is 19.9. The highest BCUT2D eigenvalue weighted by Crippen LogP contribution is 2.29. The van der Waals surface area contributed by atoms with Gasteiger partial charge in [-0.15, -0.1) is 0 Å². The molecular weight excluding hydrogens is 356 g/mol. The monoisotopic (exact) mass is 392 g/mol. The fourth-order valence-electron chi connectivity index (χ4n) is 4.18. The summed E-state index contributed by atoms with van der Waals surface area (Å²) in [5, 5.41) is 10.3. The van der Waals surface area contributed by atoms with Gasteiger partial charge in [-0.05, 0) is 69.4 Å². The first-order chi connectivity index (χ1) is 13.6. The number of aliphatic hydroxyl groups excluding tert-OH is 1. The van der Waals surface area contributed by atoms with Crippen molar-refractivity contribution in [1.29, 1.82) is 0 Å². The summed E-state index contributed by atoms with van der Waals surface area (Å²) in [4.78, 5) is 4.66. The zero-order chi connectivity index (χ0) is 19.8. The van der Waals surface area contributed by atoms with Gasteiger partial charge >= 0.3 is 0 Å². The maximum absolute atomic E-state index is 10.3. The smallest absolute Gasteiger partial charge is 0.161 e. The van der Waals surface area contributed by atoms with Crippen LogP contribution in [0.4, 0.5) is 0 Å². The van der Waals surface area contributed by atoms with E-state index in [9.17, 15) is 5.11 Å². The van der Waals surface area contributed by atoms with Gasteiger partial charge in [-0.2, -0.15) is 0 Å². The Morgan fingerprint density at radius 1 is 1.21 bits per heavy atom. The van der Waals surface area contributed by atoms with Gasteiger partial charge in [-0.1, -0.05) is 6.07 Å². The number of hydrogen-bond acceptors (Lipinski definition) is 6. The molecule has 0 saturated carbocycles. The minimum absolute atomic E-state index is 0.286. The Kier molecular flexibility index (Phi) is 8.40.